The molecule has 0 fully saturated rings. The number of aliphatic carboxylic acids is 1. The van der Waals surface area contributed by atoms with Gasteiger partial charge >= 0.3 is 5.97 Å². The van der Waals surface area contributed by atoms with E-state index in [1.807, 2.05) is 30.3 Å². The minimum Gasteiger partial charge on any atom is -0.480 e. The molecular weight excluding hydrogens is 258 g/mol. The lowest BCUT2D eigenvalue weighted by molar-refractivity contribution is -0.137. The summed E-state index contributed by atoms with van der Waals surface area (Å²) in [6, 6.07) is 12.9. The first-order valence-electron chi connectivity index (χ1n) is 6.00. The predicted octanol–water partition coefficient (Wildman–Crippen LogP) is 2.29. The number of nitrogens with zero attached hydrogens (tertiary/aromatic N) is 3. The van der Waals surface area contributed by atoms with E-state index in [0.29, 0.717) is 17.4 Å². The maximum Gasteiger partial charge on any atom is 0.323 e. The summed E-state index contributed by atoms with van der Waals surface area (Å²) in [6.45, 7) is -0.147. The van der Waals surface area contributed by atoms with Gasteiger partial charge in [0.05, 0.1) is 0 Å². The molecule has 0 saturated carbocycles. The first-order chi connectivity index (χ1) is 9.74. The first kappa shape index (κ1) is 12.2. The lowest BCUT2D eigenvalue weighted by Crippen LogP contribution is -2.08. The molecule has 3 rings (SSSR count). The van der Waals surface area contributed by atoms with E-state index in [2.05, 4.69) is 10.1 Å². The average molecular weight is 269 g/mol. The second-order valence-corrected chi connectivity index (χ2v) is 4.20. The van der Waals surface area contributed by atoms with Gasteiger partial charge in [0.25, 0.3) is 5.89 Å². The standard InChI is InChI=1S/C14H11N3O3/c18-12(19)9-17-8-4-7-11(17)14-15-13(16-20-14)10-5-2-1-3-6-10/h1-8H,9H2,(H,18,19). The highest BCUT2D eigenvalue weighted by Crippen LogP contribution is 2.22. The van der Waals surface area contributed by atoms with E-state index in [0.717, 1.165) is 5.56 Å². The molecule has 6 nitrogen and oxygen atoms in total. The molecule has 0 atom stereocenters. The fourth-order valence-electron chi connectivity index (χ4n) is 1.92. The highest BCUT2D eigenvalue weighted by molar-refractivity contribution is 5.68. The van der Waals surface area contributed by atoms with Crippen molar-refractivity contribution in [1.82, 2.24) is 14.7 Å². The molecule has 3 aromatic rings. The Labute approximate surface area is 114 Å². The minimum absolute atomic E-state index is 0.147. The van der Waals surface area contributed by atoms with Gasteiger partial charge in [-0.1, -0.05) is 35.5 Å². The summed E-state index contributed by atoms with van der Waals surface area (Å²) in [6.07, 6.45) is 1.66. The van der Waals surface area contributed by atoms with E-state index in [9.17, 15) is 4.79 Å². The second kappa shape index (κ2) is 5.00. The van der Waals surface area contributed by atoms with Crippen LogP contribution in [0.25, 0.3) is 23.0 Å². The summed E-state index contributed by atoms with van der Waals surface area (Å²) in [4.78, 5) is 15.1. The van der Waals surface area contributed by atoms with Gasteiger partial charge in [-0.3, -0.25) is 4.79 Å². The molecule has 100 valence electrons. The number of carbonyl (C=O) groups is 1. The molecule has 1 N–H and O–H groups in total. The fourth-order valence-corrected chi connectivity index (χ4v) is 1.92. The van der Waals surface area contributed by atoms with Crippen molar-refractivity contribution >= 4 is 5.97 Å². The van der Waals surface area contributed by atoms with Gasteiger partial charge in [0.2, 0.25) is 5.82 Å². The van der Waals surface area contributed by atoms with Crippen LogP contribution >= 0.6 is 0 Å². The number of benzene rings is 1. The van der Waals surface area contributed by atoms with E-state index in [4.69, 9.17) is 9.63 Å². The lowest BCUT2D eigenvalue weighted by Gasteiger charge is -2.01. The molecule has 0 aliphatic rings. The van der Waals surface area contributed by atoms with E-state index >= 15 is 0 Å². The average Bonchev–Trinajstić information content (AvgIpc) is 3.07. The number of hydrogen-bond donors (Lipinski definition) is 1. The van der Waals surface area contributed by atoms with Crippen LogP contribution in [0.1, 0.15) is 0 Å². The van der Waals surface area contributed by atoms with Crippen LogP contribution in [-0.4, -0.2) is 25.8 Å². The van der Waals surface area contributed by atoms with Gasteiger partial charge in [-0.25, -0.2) is 0 Å². The van der Waals surface area contributed by atoms with Gasteiger partial charge in [-0.2, -0.15) is 4.98 Å². The minimum atomic E-state index is -0.926. The van der Waals surface area contributed by atoms with Gasteiger partial charge in [-0.05, 0) is 12.1 Å². The molecule has 6 heteroatoms. The van der Waals surface area contributed by atoms with Crippen molar-refractivity contribution in [1.29, 1.82) is 0 Å². The number of rotatable bonds is 4. The van der Waals surface area contributed by atoms with Gasteiger partial charge in [0, 0.05) is 11.8 Å². The first-order valence-corrected chi connectivity index (χ1v) is 6.00. The Bertz CT molecular complexity index is 731. The van der Waals surface area contributed by atoms with Crippen molar-refractivity contribution in [3.63, 3.8) is 0 Å². The van der Waals surface area contributed by atoms with Crippen molar-refractivity contribution in [3.05, 3.63) is 48.7 Å². The third kappa shape index (κ3) is 2.31. The van der Waals surface area contributed by atoms with Crippen LogP contribution in [0.2, 0.25) is 0 Å². The molecule has 0 spiro atoms. The normalized spacial score (nSPS) is 10.6. The van der Waals surface area contributed by atoms with Crippen molar-refractivity contribution in [3.8, 4) is 23.0 Å². The maximum absolute atomic E-state index is 10.8. The largest absolute Gasteiger partial charge is 0.480 e. The molecule has 0 saturated heterocycles. The van der Waals surface area contributed by atoms with Gasteiger partial charge < -0.3 is 14.2 Å². The van der Waals surface area contributed by atoms with Gasteiger partial charge in [-0.15, -0.1) is 0 Å². The maximum atomic E-state index is 10.8. The van der Waals surface area contributed by atoms with Crippen molar-refractivity contribution in [2.45, 2.75) is 6.54 Å². The highest BCUT2D eigenvalue weighted by atomic mass is 16.5. The molecule has 1 aromatic carbocycles. The zero-order valence-electron chi connectivity index (χ0n) is 10.4. The van der Waals surface area contributed by atoms with Crippen LogP contribution in [0.4, 0.5) is 0 Å². The molecule has 0 amide bonds. The number of hydrogen-bond acceptors (Lipinski definition) is 4. The summed E-state index contributed by atoms with van der Waals surface area (Å²) >= 11 is 0. The highest BCUT2D eigenvalue weighted by Gasteiger charge is 2.14. The fraction of sp³-hybridized carbons (Fsp3) is 0.0714. The summed E-state index contributed by atoms with van der Waals surface area (Å²) in [5.74, 6) is -0.149. The summed E-state index contributed by atoms with van der Waals surface area (Å²) in [5.41, 5.74) is 1.43. The van der Waals surface area contributed by atoms with E-state index < -0.39 is 5.97 Å². The molecule has 0 aliphatic heterocycles. The lowest BCUT2D eigenvalue weighted by atomic mass is 10.2. The van der Waals surface area contributed by atoms with Crippen LogP contribution < -0.4 is 0 Å². The SMILES string of the molecule is O=C(O)Cn1cccc1-c1nc(-c2ccccc2)no1. The van der Waals surface area contributed by atoms with Crippen molar-refractivity contribution in [2.75, 3.05) is 0 Å². The molecule has 20 heavy (non-hydrogen) atoms. The Morgan fingerprint density at radius 2 is 2.00 bits per heavy atom. The number of aromatic nitrogens is 3. The second-order valence-electron chi connectivity index (χ2n) is 4.20. The Morgan fingerprint density at radius 1 is 1.20 bits per heavy atom. The van der Waals surface area contributed by atoms with Crippen LogP contribution in [0, 0.1) is 0 Å². The van der Waals surface area contributed by atoms with Gasteiger partial charge in [0.15, 0.2) is 0 Å². The molecule has 2 aromatic heterocycles. The molecular formula is C14H11N3O3. The Morgan fingerprint density at radius 3 is 2.75 bits per heavy atom. The van der Waals surface area contributed by atoms with Crippen LogP contribution in [0.5, 0.6) is 0 Å². The smallest absolute Gasteiger partial charge is 0.323 e. The van der Waals surface area contributed by atoms with Crippen LogP contribution in [-0.2, 0) is 11.3 Å². The third-order valence-electron chi connectivity index (χ3n) is 2.81. The van der Waals surface area contributed by atoms with Crippen molar-refractivity contribution in [2.24, 2.45) is 0 Å². The topological polar surface area (TPSA) is 81.1 Å². The molecule has 0 unspecified atom stereocenters. The molecule has 0 aliphatic carbocycles. The van der Waals surface area contributed by atoms with Crippen molar-refractivity contribution < 1.29 is 14.4 Å². The molecule has 2 heterocycles. The van der Waals surface area contributed by atoms with E-state index in [-0.39, 0.29) is 6.54 Å². The summed E-state index contributed by atoms with van der Waals surface area (Å²) < 4.78 is 6.76. The quantitative estimate of drug-likeness (QED) is 0.785. The van der Waals surface area contributed by atoms with E-state index in [1.165, 1.54) is 0 Å². The monoisotopic (exact) mass is 269 g/mol. The summed E-state index contributed by atoms with van der Waals surface area (Å²) in [5, 5.41) is 12.8. The Balaban J connectivity index is 1.95. The summed E-state index contributed by atoms with van der Waals surface area (Å²) in [7, 11) is 0. The Kier molecular flexibility index (Phi) is 3.04. The molecule has 0 bridgehead atoms. The number of carboxylic acid groups (broad SMARTS) is 1. The Hall–Kier alpha value is -2.89. The predicted molar refractivity (Wildman–Crippen MR) is 70.8 cm³/mol. The van der Waals surface area contributed by atoms with Crippen LogP contribution in [0.3, 0.4) is 0 Å². The third-order valence-corrected chi connectivity index (χ3v) is 2.81. The zero-order valence-corrected chi connectivity index (χ0v) is 10.4. The van der Waals surface area contributed by atoms with E-state index in [1.54, 1.807) is 22.9 Å². The van der Waals surface area contributed by atoms with Crippen LogP contribution in [0.15, 0.2) is 53.2 Å². The zero-order chi connectivity index (χ0) is 13.9. The van der Waals surface area contributed by atoms with Gasteiger partial charge in [0.1, 0.15) is 12.2 Å². The molecule has 0 radical (unpaired) electrons. The number of carboxylic acids is 1.